The van der Waals surface area contributed by atoms with Crippen molar-refractivity contribution in [3.8, 4) is 0 Å². The van der Waals surface area contributed by atoms with Crippen LogP contribution >= 0.6 is 11.6 Å². The summed E-state index contributed by atoms with van der Waals surface area (Å²) in [5.41, 5.74) is 7.11. The maximum absolute atomic E-state index is 12.8. The van der Waals surface area contributed by atoms with Crippen molar-refractivity contribution < 1.29 is 9.18 Å². The highest BCUT2D eigenvalue weighted by atomic mass is 35.5. The average molecular weight is 294 g/mol. The van der Waals surface area contributed by atoms with Crippen molar-refractivity contribution in [2.24, 2.45) is 0 Å². The summed E-state index contributed by atoms with van der Waals surface area (Å²) in [6.07, 6.45) is 1.35. The topological polar surface area (TPSA) is 59.2 Å². The van der Waals surface area contributed by atoms with Gasteiger partial charge in [0.25, 0.3) is 5.91 Å². The van der Waals surface area contributed by atoms with Crippen LogP contribution < -0.4 is 5.73 Å². The minimum Gasteiger partial charge on any atom is -0.397 e. The third-order valence-corrected chi connectivity index (χ3v) is 3.02. The third kappa shape index (κ3) is 3.24. The first kappa shape index (κ1) is 14.3. The van der Waals surface area contributed by atoms with Crippen molar-refractivity contribution in [3.05, 3.63) is 58.6 Å². The number of hydrogen-bond acceptors (Lipinski definition) is 3. The van der Waals surface area contributed by atoms with Gasteiger partial charge in [0.05, 0.1) is 17.4 Å². The number of nitrogens with two attached hydrogens (primary N) is 1. The Kier molecular flexibility index (Phi) is 4.20. The standard InChI is InChI=1S/C14H13ClFN3O/c1-19(8-9-2-4-10(16)5-3-9)14(20)11-6-13(15)18-7-12(11)17/h2-7H,8,17H2,1H3. The van der Waals surface area contributed by atoms with Crippen molar-refractivity contribution in [3.63, 3.8) is 0 Å². The van der Waals surface area contributed by atoms with Crippen molar-refractivity contribution >= 4 is 23.2 Å². The molecule has 20 heavy (non-hydrogen) atoms. The Bertz CT molecular complexity index is 631. The van der Waals surface area contributed by atoms with Gasteiger partial charge in [-0.1, -0.05) is 23.7 Å². The number of hydrogen-bond donors (Lipinski definition) is 1. The number of carbonyl (C=O) groups excluding carboxylic acids is 1. The number of aromatic nitrogens is 1. The molecule has 6 heteroatoms. The van der Waals surface area contributed by atoms with E-state index in [2.05, 4.69) is 4.98 Å². The van der Waals surface area contributed by atoms with Crippen LogP contribution in [-0.2, 0) is 6.54 Å². The molecule has 0 aliphatic rings. The fraction of sp³-hybridized carbons (Fsp3) is 0.143. The quantitative estimate of drug-likeness (QED) is 0.885. The molecule has 104 valence electrons. The molecule has 0 unspecified atom stereocenters. The third-order valence-electron chi connectivity index (χ3n) is 2.81. The molecular weight excluding hydrogens is 281 g/mol. The van der Waals surface area contributed by atoms with Crippen LogP contribution in [-0.4, -0.2) is 22.8 Å². The van der Waals surface area contributed by atoms with Gasteiger partial charge in [0.1, 0.15) is 11.0 Å². The first-order valence-corrected chi connectivity index (χ1v) is 6.26. The lowest BCUT2D eigenvalue weighted by atomic mass is 10.1. The van der Waals surface area contributed by atoms with E-state index in [1.807, 2.05) is 0 Å². The summed E-state index contributed by atoms with van der Waals surface area (Å²) in [6, 6.07) is 7.39. The Morgan fingerprint density at radius 1 is 1.40 bits per heavy atom. The number of halogens is 2. The van der Waals surface area contributed by atoms with E-state index in [-0.39, 0.29) is 22.6 Å². The van der Waals surface area contributed by atoms with Gasteiger partial charge in [-0.15, -0.1) is 0 Å². The van der Waals surface area contributed by atoms with Crippen LogP contribution in [0, 0.1) is 5.82 Å². The van der Waals surface area contributed by atoms with Gasteiger partial charge in [-0.2, -0.15) is 0 Å². The number of nitrogens with zero attached hydrogens (tertiary/aromatic N) is 2. The van der Waals surface area contributed by atoms with E-state index >= 15 is 0 Å². The Morgan fingerprint density at radius 2 is 2.05 bits per heavy atom. The number of benzene rings is 1. The molecule has 0 saturated heterocycles. The molecule has 0 atom stereocenters. The van der Waals surface area contributed by atoms with Crippen LogP contribution in [0.5, 0.6) is 0 Å². The van der Waals surface area contributed by atoms with E-state index in [4.69, 9.17) is 17.3 Å². The molecule has 1 amide bonds. The summed E-state index contributed by atoms with van der Waals surface area (Å²) in [6.45, 7) is 0.346. The molecule has 2 aromatic rings. The fourth-order valence-electron chi connectivity index (χ4n) is 1.77. The summed E-state index contributed by atoms with van der Waals surface area (Å²) < 4.78 is 12.8. The highest BCUT2D eigenvalue weighted by molar-refractivity contribution is 6.29. The molecule has 2 rings (SSSR count). The van der Waals surface area contributed by atoms with E-state index in [0.29, 0.717) is 12.1 Å². The first-order valence-electron chi connectivity index (χ1n) is 5.88. The molecule has 2 N–H and O–H groups in total. The van der Waals surface area contributed by atoms with Gasteiger partial charge in [-0.05, 0) is 23.8 Å². The molecule has 1 aromatic carbocycles. The van der Waals surface area contributed by atoms with Crippen molar-refractivity contribution in [1.29, 1.82) is 0 Å². The van der Waals surface area contributed by atoms with Crippen LogP contribution in [0.1, 0.15) is 15.9 Å². The van der Waals surface area contributed by atoms with Crippen LogP contribution in [0.2, 0.25) is 5.15 Å². The average Bonchev–Trinajstić information content (AvgIpc) is 2.43. The molecule has 1 aromatic heterocycles. The second kappa shape index (κ2) is 5.88. The predicted molar refractivity (Wildman–Crippen MR) is 75.9 cm³/mol. The number of amides is 1. The van der Waals surface area contributed by atoms with Gasteiger partial charge in [0.2, 0.25) is 0 Å². The molecule has 0 aliphatic heterocycles. The Morgan fingerprint density at radius 3 is 2.70 bits per heavy atom. The Balaban J connectivity index is 2.16. The lowest BCUT2D eigenvalue weighted by Gasteiger charge is -2.18. The van der Waals surface area contributed by atoms with Gasteiger partial charge >= 0.3 is 0 Å². The normalized spacial score (nSPS) is 10.3. The maximum atomic E-state index is 12.8. The number of rotatable bonds is 3. The molecule has 0 fully saturated rings. The largest absolute Gasteiger partial charge is 0.397 e. The minimum atomic E-state index is -0.312. The van der Waals surface area contributed by atoms with Crippen molar-refractivity contribution in [1.82, 2.24) is 9.88 Å². The zero-order valence-electron chi connectivity index (χ0n) is 10.8. The Hall–Kier alpha value is -2.14. The van der Waals surface area contributed by atoms with E-state index in [9.17, 15) is 9.18 Å². The minimum absolute atomic E-state index is 0.206. The van der Waals surface area contributed by atoms with Crippen LogP contribution in [0.3, 0.4) is 0 Å². The summed E-state index contributed by atoms with van der Waals surface area (Å²) in [4.78, 5) is 17.6. The molecule has 0 spiro atoms. The highest BCUT2D eigenvalue weighted by Gasteiger charge is 2.16. The van der Waals surface area contributed by atoms with Gasteiger partial charge in [-0.3, -0.25) is 4.79 Å². The number of pyridine rings is 1. The van der Waals surface area contributed by atoms with Gasteiger partial charge < -0.3 is 10.6 Å². The van der Waals surface area contributed by atoms with Crippen LogP contribution in [0.25, 0.3) is 0 Å². The zero-order valence-corrected chi connectivity index (χ0v) is 11.6. The van der Waals surface area contributed by atoms with E-state index in [1.54, 1.807) is 19.2 Å². The number of nitrogen functional groups attached to an aromatic ring is 1. The second-order valence-electron chi connectivity index (χ2n) is 4.38. The van der Waals surface area contributed by atoms with Crippen molar-refractivity contribution in [2.45, 2.75) is 6.54 Å². The van der Waals surface area contributed by atoms with Gasteiger partial charge in [0.15, 0.2) is 0 Å². The lowest BCUT2D eigenvalue weighted by Crippen LogP contribution is -2.27. The molecule has 0 aliphatic carbocycles. The predicted octanol–water partition coefficient (Wildman–Crippen LogP) is 2.73. The Labute approximate surface area is 121 Å². The number of anilines is 1. The second-order valence-corrected chi connectivity index (χ2v) is 4.77. The summed E-state index contributed by atoms with van der Waals surface area (Å²) >= 11 is 5.76. The molecule has 0 radical (unpaired) electrons. The van der Waals surface area contributed by atoms with E-state index in [1.165, 1.54) is 29.3 Å². The van der Waals surface area contributed by atoms with Gasteiger partial charge in [0, 0.05) is 13.6 Å². The van der Waals surface area contributed by atoms with Gasteiger partial charge in [-0.25, -0.2) is 9.37 Å². The molecule has 0 saturated carbocycles. The van der Waals surface area contributed by atoms with Crippen molar-refractivity contribution in [2.75, 3.05) is 12.8 Å². The van der Waals surface area contributed by atoms with Crippen LogP contribution in [0.4, 0.5) is 10.1 Å². The lowest BCUT2D eigenvalue weighted by molar-refractivity contribution is 0.0786. The molecule has 4 nitrogen and oxygen atoms in total. The number of carbonyl (C=O) groups is 1. The monoisotopic (exact) mass is 293 g/mol. The van der Waals surface area contributed by atoms with E-state index in [0.717, 1.165) is 5.56 Å². The zero-order chi connectivity index (χ0) is 14.7. The summed E-state index contributed by atoms with van der Waals surface area (Å²) in [5.74, 6) is -0.580. The molecule has 0 bridgehead atoms. The maximum Gasteiger partial charge on any atom is 0.256 e. The first-order chi connectivity index (χ1) is 9.47. The fourth-order valence-corrected chi connectivity index (χ4v) is 1.92. The smallest absolute Gasteiger partial charge is 0.256 e. The SMILES string of the molecule is CN(Cc1ccc(F)cc1)C(=O)c1cc(Cl)ncc1N. The summed E-state index contributed by atoms with van der Waals surface area (Å²) in [7, 11) is 1.64. The summed E-state index contributed by atoms with van der Waals surface area (Å²) in [5, 5.41) is 0.206. The molecular formula is C14H13ClFN3O. The molecule has 1 heterocycles. The highest BCUT2D eigenvalue weighted by Crippen LogP contribution is 2.17. The van der Waals surface area contributed by atoms with Crippen LogP contribution in [0.15, 0.2) is 36.5 Å². The van der Waals surface area contributed by atoms with E-state index < -0.39 is 0 Å².